The number of nitrogens with zero attached hydrogens (tertiary/aromatic N) is 2. The van der Waals surface area contributed by atoms with Gasteiger partial charge in [0.15, 0.2) is 17.3 Å². The van der Waals surface area contributed by atoms with Crippen LogP contribution in [0, 0.1) is 16.7 Å². The van der Waals surface area contributed by atoms with E-state index in [4.69, 9.17) is 5.26 Å². The quantitative estimate of drug-likeness (QED) is 0.679. The molecule has 1 unspecified atom stereocenters. The molecule has 0 aromatic heterocycles. The monoisotopic (exact) mass is 396 g/mol. The molecule has 30 heavy (non-hydrogen) atoms. The van der Waals surface area contributed by atoms with Crippen molar-refractivity contribution in [3.63, 3.8) is 0 Å². The number of carbonyl (C=O) groups is 3. The van der Waals surface area contributed by atoms with E-state index in [0.29, 0.717) is 46.3 Å². The number of hydrogen-bond donors (Lipinski definition) is 0. The van der Waals surface area contributed by atoms with Gasteiger partial charge in [-0.1, -0.05) is 31.6 Å². The third kappa shape index (κ3) is 2.60. The third-order valence-corrected chi connectivity index (χ3v) is 6.51. The Kier molecular flexibility index (Phi) is 3.91. The highest BCUT2D eigenvalue weighted by atomic mass is 16.1. The summed E-state index contributed by atoms with van der Waals surface area (Å²) in [6.07, 6.45) is 2.99. The highest BCUT2D eigenvalue weighted by molar-refractivity contribution is 6.35. The minimum atomic E-state index is -0.570. The van der Waals surface area contributed by atoms with Crippen molar-refractivity contribution in [2.75, 3.05) is 6.54 Å². The Bertz CT molecular complexity index is 1210. The second kappa shape index (κ2) is 6.30. The van der Waals surface area contributed by atoms with Crippen molar-refractivity contribution in [2.24, 2.45) is 10.4 Å². The molecule has 0 amide bonds. The molecule has 148 valence electrons. The van der Waals surface area contributed by atoms with Crippen molar-refractivity contribution in [1.82, 2.24) is 0 Å². The van der Waals surface area contributed by atoms with Gasteiger partial charge in [-0.3, -0.25) is 19.4 Å². The zero-order chi connectivity index (χ0) is 21.2. The highest BCUT2D eigenvalue weighted by Gasteiger charge is 2.47. The van der Waals surface area contributed by atoms with Crippen LogP contribution in [0.3, 0.4) is 0 Å². The Balaban J connectivity index is 1.73. The van der Waals surface area contributed by atoms with Crippen LogP contribution >= 0.6 is 0 Å². The standard InChI is InChI=1S/C25H20N2O3/c1-25(2)8-15-7-16-22(24(30)18-12-27-11-17(18)23(16)29)21(20(15)19(28)9-25)14-5-3-13(10-26)4-6-14/h3-6,12,21H,7-9,11H2,1-2H3. The molecule has 3 aliphatic carbocycles. The number of benzene rings is 1. The molecule has 0 saturated heterocycles. The number of rotatable bonds is 1. The summed E-state index contributed by atoms with van der Waals surface area (Å²) >= 11 is 0. The van der Waals surface area contributed by atoms with Crippen LogP contribution in [-0.2, 0) is 14.4 Å². The van der Waals surface area contributed by atoms with Crippen molar-refractivity contribution in [3.05, 3.63) is 68.8 Å². The lowest BCUT2D eigenvalue weighted by Crippen LogP contribution is -2.36. The van der Waals surface area contributed by atoms with Crippen LogP contribution in [0.1, 0.15) is 50.2 Å². The molecule has 1 aromatic carbocycles. The number of Topliss-reactive ketones (excluding diaryl/α,β-unsaturated/α-hetero) is 3. The van der Waals surface area contributed by atoms with Crippen molar-refractivity contribution in [2.45, 2.75) is 39.0 Å². The molecule has 1 aliphatic heterocycles. The summed E-state index contributed by atoms with van der Waals surface area (Å²) in [5.41, 5.74) is 4.51. The van der Waals surface area contributed by atoms with E-state index < -0.39 is 5.92 Å². The molecule has 0 radical (unpaired) electrons. The van der Waals surface area contributed by atoms with Gasteiger partial charge in [0, 0.05) is 46.4 Å². The van der Waals surface area contributed by atoms with Crippen LogP contribution in [0.15, 0.2) is 62.7 Å². The number of carbonyl (C=O) groups excluding carboxylic acids is 3. The predicted molar refractivity (Wildman–Crippen MR) is 111 cm³/mol. The minimum Gasteiger partial charge on any atom is -0.294 e. The molecule has 1 heterocycles. The Morgan fingerprint density at radius 2 is 1.73 bits per heavy atom. The van der Waals surface area contributed by atoms with Crippen LogP contribution in [-0.4, -0.2) is 30.1 Å². The van der Waals surface area contributed by atoms with E-state index in [1.807, 2.05) is 0 Å². The normalized spacial score (nSPS) is 24.7. The van der Waals surface area contributed by atoms with Gasteiger partial charge in [0.2, 0.25) is 0 Å². The van der Waals surface area contributed by atoms with Crippen molar-refractivity contribution >= 4 is 23.6 Å². The molecule has 0 fully saturated rings. The Hall–Kier alpha value is -3.39. The summed E-state index contributed by atoms with van der Waals surface area (Å²) in [5, 5.41) is 9.15. The van der Waals surface area contributed by atoms with Gasteiger partial charge in [-0.25, -0.2) is 0 Å². The number of ketones is 3. The van der Waals surface area contributed by atoms with Crippen LogP contribution in [0.25, 0.3) is 0 Å². The van der Waals surface area contributed by atoms with Gasteiger partial charge in [-0.05, 0) is 36.0 Å². The molecule has 5 heteroatoms. The maximum atomic E-state index is 13.5. The van der Waals surface area contributed by atoms with E-state index >= 15 is 0 Å². The summed E-state index contributed by atoms with van der Waals surface area (Å²) in [4.78, 5) is 44.2. The molecule has 5 nitrogen and oxygen atoms in total. The molecule has 0 bridgehead atoms. The van der Waals surface area contributed by atoms with Gasteiger partial charge in [-0.2, -0.15) is 5.26 Å². The maximum Gasteiger partial charge on any atom is 0.192 e. The molecular weight excluding hydrogens is 376 g/mol. The lowest BCUT2D eigenvalue weighted by Gasteiger charge is -2.40. The second-order valence-electron chi connectivity index (χ2n) is 9.21. The average Bonchev–Trinajstić information content (AvgIpc) is 3.20. The van der Waals surface area contributed by atoms with Crippen molar-refractivity contribution in [1.29, 1.82) is 5.26 Å². The van der Waals surface area contributed by atoms with Gasteiger partial charge in [0.25, 0.3) is 0 Å². The molecule has 5 rings (SSSR count). The first kappa shape index (κ1) is 18.6. The summed E-state index contributed by atoms with van der Waals surface area (Å²) in [6, 6.07) is 9.07. The van der Waals surface area contributed by atoms with Crippen LogP contribution < -0.4 is 0 Å². The number of hydrogen-bond acceptors (Lipinski definition) is 5. The zero-order valence-corrected chi connectivity index (χ0v) is 16.9. The second-order valence-corrected chi connectivity index (χ2v) is 9.21. The first-order chi connectivity index (χ1) is 14.3. The molecule has 1 aromatic rings. The molecule has 4 aliphatic rings. The Labute approximate surface area is 174 Å². The van der Waals surface area contributed by atoms with Gasteiger partial charge < -0.3 is 0 Å². The molecule has 0 spiro atoms. The fourth-order valence-electron chi connectivity index (χ4n) is 5.27. The first-order valence-electron chi connectivity index (χ1n) is 10.1. The summed E-state index contributed by atoms with van der Waals surface area (Å²) < 4.78 is 0. The van der Waals surface area contributed by atoms with E-state index in [-0.39, 0.29) is 29.3 Å². The predicted octanol–water partition coefficient (Wildman–Crippen LogP) is 3.56. The van der Waals surface area contributed by atoms with E-state index in [1.165, 1.54) is 6.21 Å². The van der Waals surface area contributed by atoms with Crippen LogP contribution in [0.5, 0.6) is 0 Å². The summed E-state index contributed by atoms with van der Waals surface area (Å²) in [7, 11) is 0. The lowest BCUT2D eigenvalue weighted by atomic mass is 9.61. The van der Waals surface area contributed by atoms with E-state index in [9.17, 15) is 14.4 Å². The van der Waals surface area contributed by atoms with Crippen molar-refractivity contribution in [3.8, 4) is 6.07 Å². The zero-order valence-electron chi connectivity index (χ0n) is 16.9. The van der Waals surface area contributed by atoms with E-state index in [2.05, 4.69) is 24.9 Å². The molecule has 1 atom stereocenters. The number of aliphatic imine (C=N–C) groups is 1. The average molecular weight is 396 g/mol. The van der Waals surface area contributed by atoms with Crippen LogP contribution in [0.4, 0.5) is 0 Å². The summed E-state index contributed by atoms with van der Waals surface area (Å²) in [6.45, 7) is 4.37. The maximum absolute atomic E-state index is 13.5. The SMILES string of the molecule is CC1(C)CC(=O)C2=C(CC3=C(C(=O)C4=C(CN=C4)C3=O)C2c2ccc(C#N)cc2)C1. The topological polar surface area (TPSA) is 87.4 Å². The molecule has 0 N–H and O–H groups in total. The smallest absolute Gasteiger partial charge is 0.192 e. The van der Waals surface area contributed by atoms with Gasteiger partial charge in [-0.15, -0.1) is 0 Å². The Morgan fingerprint density at radius 3 is 2.43 bits per heavy atom. The molecule has 0 saturated carbocycles. The number of allylic oxidation sites excluding steroid dienone is 5. The molecular formula is C25H20N2O3. The number of nitriles is 1. The Morgan fingerprint density at radius 1 is 1.00 bits per heavy atom. The minimum absolute atomic E-state index is 0.0438. The summed E-state index contributed by atoms with van der Waals surface area (Å²) in [5.74, 6) is -0.834. The van der Waals surface area contributed by atoms with E-state index in [0.717, 1.165) is 17.6 Å². The third-order valence-electron chi connectivity index (χ3n) is 6.51. The first-order valence-corrected chi connectivity index (χ1v) is 10.1. The van der Waals surface area contributed by atoms with Crippen LogP contribution in [0.2, 0.25) is 0 Å². The van der Waals surface area contributed by atoms with Crippen molar-refractivity contribution < 1.29 is 14.4 Å². The largest absolute Gasteiger partial charge is 0.294 e. The fourth-order valence-corrected chi connectivity index (χ4v) is 5.27. The van der Waals surface area contributed by atoms with Gasteiger partial charge >= 0.3 is 0 Å². The highest BCUT2D eigenvalue weighted by Crippen LogP contribution is 2.52. The fraction of sp³-hybridized carbons (Fsp3) is 0.320. The van der Waals surface area contributed by atoms with E-state index in [1.54, 1.807) is 24.3 Å². The lowest BCUT2D eigenvalue weighted by molar-refractivity contribution is -0.119. The van der Waals surface area contributed by atoms with Gasteiger partial charge in [0.05, 0.1) is 18.2 Å². The van der Waals surface area contributed by atoms with Gasteiger partial charge in [0.1, 0.15) is 0 Å².